The zero-order valence-corrected chi connectivity index (χ0v) is 9.70. The molecule has 1 atom stereocenters. The Labute approximate surface area is 100 Å². The fourth-order valence-electron chi connectivity index (χ4n) is 1.83. The zero-order valence-electron chi connectivity index (χ0n) is 8.95. The number of amides is 1. The van der Waals surface area contributed by atoms with Gasteiger partial charge in [-0.1, -0.05) is 35.9 Å². The highest BCUT2D eigenvalue weighted by Gasteiger charge is 2.19. The van der Waals surface area contributed by atoms with Crippen LogP contribution in [0, 0.1) is 5.92 Å². The molecule has 0 aromatic heterocycles. The summed E-state index contributed by atoms with van der Waals surface area (Å²) in [5, 5.41) is 3.46. The zero-order chi connectivity index (χ0) is 11.4. The maximum absolute atomic E-state index is 11.9. The minimum absolute atomic E-state index is 0.0671. The number of rotatable bonds is 2. The van der Waals surface area contributed by atoms with Crippen molar-refractivity contribution < 1.29 is 4.79 Å². The van der Waals surface area contributed by atoms with E-state index in [0.29, 0.717) is 10.7 Å². The second kappa shape index (κ2) is 5.17. The first-order valence-corrected chi connectivity index (χ1v) is 5.85. The van der Waals surface area contributed by atoms with E-state index in [1.807, 2.05) is 18.2 Å². The fourth-order valence-corrected chi connectivity index (χ4v) is 2.01. The Kier molecular flexibility index (Phi) is 3.62. The van der Waals surface area contributed by atoms with Crippen LogP contribution >= 0.6 is 11.6 Å². The Balaban J connectivity index is 2.02. The predicted molar refractivity (Wildman–Crippen MR) is 66.6 cm³/mol. The molecule has 2 nitrogen and oxygen atoms in total. The maximum Gasteiger partial charge on any atom is 0.227 e. The second-order valence-electron chi connectivity index (χ2n) is 3.95. The van der Waals surface area contributed by atoms with Gasteiger partial charge < -0.3 is 5.32 Å². The minimum Gasteiger partial charge on any atom is -0.325 e. The normalized spacial score (nSPS) is 19.4. The van der Waals surface area contributed by atoms with Crippen LogP contribution in [0.2, 0.25) is 5.02 Å². The summed E-state index contributed by atoms with van der Waals surface area (Å²) in [6.07, 6.45) is 6.93. The monoisotopic (exact) mass is 235 g/mol. The van der Waals surface area contributed by atoms with E-state index in [-0.39, 0.29) is 11.8 Å². The van der Waals surface area contributed by atoms with E-state index in [2.05, 4.69) is 17.5 Å². The molecule has 0 radical (unpaired) electrons. The summed E-state index contributed by atoms with van der Waals surface area (Å²) in [6.45, 7) is 0. The largest absolute Gasteiger partial charge is 0.325 e. The number of hydrogen-bond acceptors (Lipinski definition) is 1. The molecule has 0 fully saturated rings. The third kappa shape index (κ3) is 2.64. The van der Waals surface area contributed by atoms with Crippen LogP contribution in [-0.4, -0.2) is 5.91 Å². The molecular weight excluding hydrogens is 222 g/mol. The van der Waals surface area contributed by atoms with Crippen LogP contribution < -0.4 is 5.32 Å². The van der Waals surface area contributed by atoms with Gasteiger partial charge in [0.15, 0.2) is 0 Å². The Morgan fingerprint density at radius 1 is 1.31 bits per heavy atom. The van der Waals surface area contributed by atoms with Crippen LogP contribution in [0.5, 0.6) is 0 Å². The third-order valence-electron chi connectivity index (χ3n) is 2.77. The van der Waals surface area contributed by atoms with Crippen molar-refractivity contribution in [2.75, 3.05) is 5.32 Å². The van der Waals surface area contributed by atoms with E-state index < -0.39 is 0 Å². The first-order chi connectivity index (χ1) is 7.77. The number of hydrogen-bond donors (Lipinski definition) is 1. The van der Waals surface area contributed by atoms with Crippen molar-refractivity contribution in [2.45, 2.75) is 19.3 Å². The van der Waals surface area contributed by atoms with Gasteiger partial charge in [0, 0.05) is 5.92 Å². The van der Waals surface area contributed by atoms with Gasteiger partial charge in [-0.2, -0.15) is 0 Å². The molecule has 0 saturated carbocycles. The van der Waals surface area contributed by atoms with Crippen molar-refractivity contribution in [1.82, 2.24) is 0 Å². The molecule has 1 unspecified atom stereocenters. The van der Waals surface area contributed by atoms with Crippen LogP contribution in [0.25, 0.3) is 0 Å². The van der Waals surface area contributed by atoms with Crippen molar-refractivity contribution in [3.8, 4) is 0 Å². The van der Waals surface area contributed by atoms with Gasteiger partial charge in [0.25, 0.3) is 0 Å². The Hall–Kier alpha value is -1.28. The lowest BCUT2D eigenvalue weighted by Crippen LogP contribution is -2.23. The summed E-state index contributed by atoms with van der Waals surface area (Å²) < 4.78 is 0. The maximum atomic E-state index is 11.9. The Morgan fingerprint density at radius 3 is 2.81 bits per heavy atom. The van der Waals surface area contributed by atoms with Gasteiger partial charge in [-0.15, -0.1) is 0 Å². The molecule has 1 aliphatic carbocycles. The summed E-state index contributed by atoms with van der Waals surface area (Å²) >= 11 is 5.98. The van der Waals surface area contributed by atoms with Gasteiger partial charge in [-0.05, 0) is 31.4 Å². The number of para-hydroxylation sites is 1. The average Bonchev–Trinajstić information content (AvgIpc) is 2.33. The SMILES string of the molecule is O=C(Nc1ccccc1Cl)C1CC=CCC1. The first kappa shape index (κ1) is 11.2. The first-order valence-electron chi connectivity index (χ1n) is 5.48. The van der Waals surface area contributed by atoms with Crippen molar-refractivity contribution in [2.24, 2.45) is 5.92 Å². The summed E-state index contributed by atoms with van der Waals surface area (Å²) in [4.78, 5) is 11.9. The quantitative estimate of drug-likeness (QED) is 0.780. The molecule has 16 heavy (non-hydrogen) atoms. The van der Waals surface area contributed by atoms with Crippen LogP contribution in [-0.2, 0) is 4.79 Å². The lowest BCUT2D eigenvalue weighted by molar-refractivity contribution is -0.120. The van der Waals surface area contributed by atoms with Crippen molar-refractivity contribution in [1.29, 1.82) is 0 Å². The second-order valence-corrected chi connectivity index (χ2v) is 4.36. The molecule has 1 amide bonds. The summed E-state index contributed by atoms with van der Waals surface area (Å²) in [5.74, 6) is 0.152. The molecule has 0 saturated heterocycles. The fraction of sp³-hybridized carbons (Fsp3) is 0.308. The van der Waals surface area contributed by atoms with E-state index >= 15 is 0 Å². The van der Waals surface area contributed by atoms with Gasteiger partial charge in [-0.3, -0.25) is 4.79 Å². The van der Waals surface area contributed by atoms with E-state index in [4.69, 9.17) is 11.6 Å². The molecule has 1 aromatic carbocycles. The number of anilines is 1. The average molecular weight is 236 g/mol. The topological polar surface area (TPSA) is 29.1 Å². The summed E-state index contributed by atoms with van der Waals surface area (Å²) in [6, 6.07) is 7.31. The Bertz CT molecular complexity index is 414. The highest BCUT2D eigenvalue weighted by atomic mass is 35.5. The molecule has 84 valence electrons. The number of carbonyl (C=O) groups is 1. The highest BCUT2D eigenvalue weighted by molar-refractivity contribution is 6.33. The highest BCUT2D eigenvalue weighted by Crippen LogP contribution is 2.24. The van der Waals surface area contributed by atoms with Crippen molar-refractivity contribution in [3.05, 3.63) is 41.4 Å². The van der Waals surface area contributed by atoms with E-state index in [0.717, 1.165) is 19.3 Å². The van der Waals surface area contributed by atoms with Crippen LogP contribution in [0.15, 0.2) is 36.4 Å². The van der Waals surface area contributed by atoms with E-state index in [9.17, 15) is 4.79 Å². The number of carbonyl (C=O) groups excluding carboxylic acids is 1. The minimum atomic E-state index is 0.0671. The lowest BCUT2D eigenvalue weighted by atomic mass is 9.93. The molecule has 2 rings (SSSR count). The molecule has 0 spiro atoms. The van der Waals surface area contributed by atoms with Gasteiger partial charge in [0.1, 0.15) is 0 Å². The van der Waals surface area contributed by atoms with Gasteiger partial charge in [0.2, 0.25) is 5.91 Å². The van der Waals surface area contributed by atoms with Gasteiger partial charge in [-0.25, -0.2) is 0 Å². The number of allylic oxidation sites excluding steroid dienone is 2. The van der Waals surface area contributed by atoms with Crippen LogP contribution in [0.1, 0.15) is 19.3 Å². The third-order valence-corrected chi connectivity index (χ3v) is 3.10. The summed E-state index contributed by atoms with van der Waals surface area (Å²) in [7, 11) is 0. The number of nitrogens with one attached hydrogen (secondary N) is 1. The predicted octanol–water partition coefficient (Wildman–Crippen LogP) is 3.63. The van der Waals surface area contributed by atoms with E-state index in [1.165, 1.54) is 0 Å². The molecule has 3 heteroatoms. The molecule has 0 heterocycles. The van der Waals surface area contributed by atoms with Crippen molar-refractivity contribution in [3.63, 3.8) is 0 Å². The molecule has 1 N–H and O–H groups in total. The number of benzene rings is 1. The molecular formula is C13H14ClNO. The summed E-state index contributed by atoms with van der Waals surface area (Å²) in [5.41, 5.74) is 0.698. The molecule has 0 aliphatic heterocycles. The molecule has 1 aliphatic rings. The van der Waals surface area contributed by atoms with Gasteiger partial charge in [0.05, 0.1) is 10.7 Å². The number of halogens is 1. The Morgan fingerprint density at radius 2 is 2.12 bits per heavy atom. The van der Waals surface area contributed by atoms with Crippen LogP contribution in [0.4, 0.5) is 5.69 Å². The van der Waals surface area contributed by atoms with Crippen molar-refractivity contribution >= 4 is 23.2 Å². The van der Waals surface area contributed by atoms with E-state index in [1.54, 1.807) is 6.07 Å². The lowest BCUT2D eigenvalue weighted by Gasteiger charge is -2.17. The van der Waals surface area contributed by atoms with Gasteiger partial charge >= 0.3 is 0 Å². The molecule has 1 aromatic rings. The smallest absolute Gasteiger partial charge is 0.227 e. The van der Waals surface area contributed by atoms with Crippen LogP contribution in [0.3, 0.4) is 0 Å². The molecule has 0 bridgehead atoms. The standard InChI is InChI=1S/C13H14ClNO/c14-11-8-4-5-9-12(11)15-13(16)10-6-2-1-3-7-10/h1-2,4-5,8-10H,3,6-7H2,(H,15,16).